The highest BCUT2D eigenvalue weighted by Crippen LogP contribution is 2.33. The quantitative estimate of drug-likeness (QED) is 0.523. The smallest absolute Gasteiger partial charge is 0.294 e. The van der Waals surface area contributed by atoms with Gasteiger partial charge in [-0.05, 0) is 48.4 Å². The van der Waals surface area contributed by atoms with Crippen LogP contribution < -0.4 is 4.74 Å². The maximum absolute atomic E-state index is 12.7. The zero-order valence-electron chi connectivity index (χ0n) is 15.9. The molecule has 2 saturated heterocycles. The number of nitrogens with zero attached hydrogens (tertiary/aromatic N) is 2. The van der Waals surface area contributed by atoms with Crippen LogP contribution in [0.15, 0.2) is 23.1 Å². The monoisotopic (exact) mass is 432 g/mol. The van der Waals surface area contributed by atoms with Crippen molar-refractivity contribution in [3.05, 3.63) is 33.7 Å². The van der Waals surface area contributed by atoms with E-state index in [0.717, 1.165) is 42.3 Å². The first kappa shape index (κ1) is 21.3. The molecular formula is C21H21ClN2O4S. The summed E-state index contributed by atoms with van der Waals surface area (Å²) in [6.07, 6.45) is 10.9. The average molecular weight is 433 g/mol. The third-order valence-corrected chi connectivity index (χ3v) is 5.89. The second-order valence-electron chi connectivity index (χ2n) is 6.75. The number of imide groups is 1. The van der Waals surface area contributed by atoms with Gasteiger partial charge in [-0.2, -0.15) is 0 Å². The van der Waals surface area contributed by atoms with Gasteiger partial charge in [-0.25, -0.2) is 0 Å². The lowest BCUT2D eigenvalue weighted by molar-refractivity contribution is -0.135. The van der Waals surface area contributed by atoms with Crippen LogP contribution >= 0.6 is 23.4 Å². The van der Waals surface area contributed by atoms with Gasteiger partial charge >= 0.3 is 0 Å². The topological polar surface area (TPSA) is 66.9 Å². The molecule has 0 radical (unpaired) electrons. The molecule has 0 aromatic heterocycles. The molecule has 1 aromatic carbocycles. The third-order valence-electron chi connectivity index (χ3n) is 4.69. The maximum Gasteiger partial charge on any atom is 0.294 e. The van der Waals surface area contributed by atoms with Crippen molar-refractivity contribution in [3.63, 3.8) is 0 Å². The van der Waals surface area contributed by atoms with Gasteiger partial charge in [0, 0.05) is 13.1 Å². The fourth-order valence-electron chi connectivity index (χ4n) is 3.19. The fourth-order valence-corrected chi connectivity index (χ4v) is 4.27. The van der Waals surface area contributed by atoms with Gasteiger partial charge < -0.3 is 9.64 Å². The predicted molar refractivity (Wildman–Crippen MR) is 114 cm³/mol. The van der Waals surface area contributed by atoms with Crippen LogP contribution in [0.25, 0.3) is 6.08 Å². The number of rotatable bonds is 5. The van der Waals surface area contributed by atoms with Gasteiger partial charge in [0.1, 0.15) is 18.9 Å². The SMILES string of the molecule is C#CCOc1ccc(/C=C2\SC(=O)N(CC(=O)N3CCCCCC3)C2=O)cc1Cl. The summed E-state index contributed by atoms with van der Waals surface area (Å²) in [6.45, 7) is 1.24. The summed E-state index contributed by atoms with van der Waals surface area (Å²) in [5.74, 6) is 2.15. The Morgan fingerprint density at radius 1 is 1.24 bits per heavy atom. The third kappa shape index (κ3) is 5.34. The molecule has 2 fully saturated rings. The molecule has 0 unspecified atom stereocenters. The second kappa shape index (κ2) is 9.86. The number of thioether (sulfide) groups is 1. The Labute approximate surface area is 179 Å². The lowest BCUT2D eigenvalue weighted by atomic mass is 10.2. The Morgan fingerprint density at radius 2 is 1.97 bits per heavy atom. The zero-order chi connectivity index (χ0) is 20.8. The molecule has 2 aliphatic heterocycles. The van der Waals surface area contributed by atoms with Crippen molar-refractivity contribution in [3.8, 4) is 18.1 Å². The molecular weight excluding hydrogens is 412 g/mol. The number of halogens is 1. The van der Waals surface area contributed by atoms with Crippen molar-refractivity contribution in [1.82, 2.24) is 9.80 Å². The van der Waals surface area contributed by atoms with Crippen LogP contribution in [0.2, 0.25) is 5.02 Å². The molecule has 6 nitrogen and oxygen atoms in total. The van der Waals surface area contributed by atoms with E-state index in [1.165, 1.54) is 0 Å². The van der Waals surface area contributed by atoms with Crippen LogP contribution in [0.5, 0.6) is 5.75 Å². The number of carbonyl (C=O) groups excluding carboxylic acids is 3. The van der Waals surface area contributed by atoms with Gasteiger partial charge in [0.05, 0.1) is 9.93 Å². The van der Waals surface area contributed by atoms with Crippen LogP contribution in [0.3, 0.4) is 0 Å². The van der Waals surface area contributed by atoms with Crippen LogP contribution in [0.1, 0.15) is 31.2 Å². The molecule has 0 bridgehead atoms. The summed E-state index contributed by atoms with van der Waals surface area (Å²) < 4.78 is 5.31. The van der Waals surface area contributed by atoms with Crippen molar-refractivity contribution in [1.29, 1.82) is 0 Å². The lowest BCUT2D eigenvalue weighted by Crippen LogP contribution is -2.42. The summed E-state index contributed by atoms with van der Waals surface area (Å²) in [7, 11) is 0. The van der Waals surface area contributed by atoms with Crippen molar-refractivity contribution in [2.45, 2.75) is 25.7 Å². The lowest BCUT2D eigenvalue weighted by Gasteiger charge is -2.22. The Kier molecular flexibility index (Phi) is 7.24. The predicted octanol–water partition coefficient (Wildman–Crippen LogP) is 3.79. The highest BCUT2D eigenvalue weighted by molar-refractivity contribution is 8.18. The first-order valence-corrected chi connectivity index (χ1v) is 10.6. The van der Waals surface area contributed by atoms with Crippen molar-refractivity contribution >= 4 is 46.5 Å². The molecule has 0 saturated carbocycles. The maximum atomic E-state index is 12.7. The molecule has 0 aliphatic carbocycles. The van der Waals surface area contributed by atoms with E-state index < -0.39 is 11.1 Å². The van der Waals surface area contributed by atoms with E-state index in [9.17, 15) is 14.4 Å². The summed E-state index contributed by atoms with van der Waals surface area (Å²) in [6, 6.07) is 5.00. The molecule has 3 rings (SSSR count). The van der Waals surface area contributed by atoms with Gasteiger partial charge in [0.15, 0.2) is 0 Å². The Bertz CT molecular complexity index is 885. The van der Waals surface area contributed by atoms with Gasteiger partial charge in [-0.15, -0.1) is 6.42 Å². The van der Waals surface area contributed by atoms with E-state index in [-0.39, 0.29) is 24.0 Å². The largest absolute Gasteiger partial charge is 0.479 e. The summed E-state index contributed by atoms with van der Waals surface area (Å²) in [4.78, 5) is 40.5. The normalized spacial score (nSPS) is 18.7. The van der Waals surface area contributed by atoms with Gasteiger partial charge in [-0.3, -0.25) is 19.3 Å². The molecule has 2 heterocycles. The number of amides is 3. The van der Waals surface area contributed by atoms with Crippen LogP contribution in [0, 0.1) is 12.3 Å². The van der Waals surface area contributed by atoms with Crippen molar-refractivity contribution in [2.24, 2.45) is 0 Å². The molecule has 152 valence electrons. The highest BCUT2D eigenvalue weighted by atomic mass is 35.5. The zero-order valence-corrected chi connectivity index (χ0v) is 17.4. The summed E-state index contributed by atoms with van der Waals surface area (Å²) >= 11 is 6.99. The van der Waals surface area contributed by atoms with Gasteiger partial charge in [0.2, 0.25) is 5.91 Å². The van der Waals surface area contributed by atoms with Crippen LogP contribution in [-0.4, -0.2) is 53.1 Å². The van der Waals surface area contributed by atoms with E-state index in [1.807, 2.05) is 0 Å². The van der Waals surface area contributed by atoms with E-state index in [4.69, 9.17) is 22.8 Å². The molecule has 29 heavy (non-hydrogen) atoms. The molecule has 1 aromatic rings. The Morgan fingerprint density at radius 3 is 2.62 bits per heavy atom. The highest BCUT2D eigenvalue weighted by Gasteiger charge is 2.37. The molecule has 2 aliphatic rings. The number of terminal acetylenes is 1. The van der Waals surface area contributed by atoms with Crippen molar-refractivity contribution < 1.29 is 19.1 Å². The first-order valence-electron chi connectivity index (χ1n) is 9.38. The Balaban J connectivity index is 1.69. The number of hydrogen-bond acceptors (Lipinski definition) is 5. The van der Waals surface area contributed by atoms with E-state index in [0.29, 0.717) is 29.4 Å². The molecule has 0 spiro atoms. The first-order chi connectivity index (χ1) is 14.0. The number of hydrogen-bond donors (Lipinski definition) is 0. The van der Waals surface area contributed by atoms with Crippen LogP contribution in [-0.2, 0) is 9.59 Å². The molecule has 0 atom stereocenters. The average Bonchev–Trinajstić information content (AvgIpc) is 2.89. The minimum absolute atomic E-state index is 0.100. The number of benzene rings is 1. The molecule has 0 N–H and O–H groups in total. The number of ether oxygens (including phenoxy) is 1. The van der Waals surface area contributed by atoms with Gasteiger partial charge in [-0.1, -0.05) is 36.4 Å². The number of carbonyl (C=O) groups is 3. The summed E-state index contributed by atoms with van der Waals surface area (Å²) in [5, 5.41) is -0.0888. The van der Waals surface area contributed by atoms with Crippen LogP contribution in [0.4, 0.5) is 4.79 Å². The standard InChI is InChI=1S/C21H21ClN2O4S/c1-2-11-28-17-8-7-15(12-16(17)22)13-18-20(26)24(21(27)29-18)14-19(25)23-9-5-3-4-6-10-23/h1,7-8,12-13H,3-6,9-11,14H2/b18-13-. The van der Waals surface area contributed by atoms with E-state index >= 15 is 0 Å². The fraction of sp³-hybridized carbons (Fsp3) is 0.381. The van der Waals surface area contributed by atoms with E-state index in [2.05, 4.69) is 5.92 Å². The van der Waals surface area contributed by atoms with E-state index in [1.54, 1.807) is 29.2 Å². The minimum atomic E-state index is -0.466. The molecule has 8 heteroatoms. The minimum Gasteiger partial charge on any atom is -0.479 e. The second-order valence-corrected chi connectivity index (χ2v) is 8.15. The van der Waals surface area contributed by atoms with Crippen molar-refractivity contribution in [2.75, 3.05) is 26.2 Å². The van der Waals surface area contributed by atoms with Gasteiger partial charge in [0.25, 0.3) is 11.1 Å². The Hall–Kier alpha value is -2.43. The number of likely N-dealkylation sites (tertiary alicyclic amines) is 1. The summed E-state index contributed by atoms with van der Waals surface area (Å²) in [5.41, 5.74) is 0.646. The molecule has 3 amide bonds.